The summed E-state index contributed by atoms with van der Waals surface area (Å²) >= 11 is 16.5. The third kappa shape index (κ3) is 5.15. The lowest BCUT2D eigenvalue weighted by atomic mass is 9.81. The average Bonchev–Trinajstić information content (AvgIpc) is 3.28. The van der Waals surface area contributed by atoms with Gasteiger partial charge in [0.2, 0.25) is 11.4 Å². The minimum Gasteiger partial charge on any atom is -0.507 e. The third-order valence-corrected chi connectivity index (χ3v) is 9.49. The van der Waals surface area contributed by atoms with Crippen LogP contribution in [0.1, 0.15) is 16.7 Å². The predicted octanol–water partition coefficient (Wildman–Crippen LogP) is 7.14. The number of benzene rings is 3. The second-order valence-electron chi connectivity index (χ2n) is 8.58. The molecule has 0 fully saturated rings. The van der Waals surface area contributed by atoms with Crippen LogP contribution in [-0.2, 0) is 39.9 Å². The van der Waals surface area contributed by atoms with E-state index in [0.717, 1.165) is 14.2 Å². The zero-order valence-electron chi connectivity index (χ0n) is 21.2. The summed E-state index contributed by atoms with van der Waals surface area (Å²) in [6, 6.07) is 10.2. The van der Waals surface area contributed by atoms with Gasteiger partial charge in [0.25, 0.3) is 0 Å². The summed E-state index contributed by atoms with van der Waals surface area (Å²) in [6.45, 7) is 0. The first kappa shape index (κ1) is 32.0. The Balaban J connectivity index is 2.29. The van der Waals surface area contributed by atoms with Gasteiger partial charge in [-0.05, 0) is 128 Å². The van der Waals surface area contributed by atoms with Crippen molar-refractivity contribution in [1.82, 2.24) is 0 Å². The predicted molar refractivity (Wildman–Crippen MR) is 165 cm³/mol. The zero-order chi connectivity index (χ0) is 30.4. The van der Waals surface area contributed by atoms with Crippen LogP contribution < -0.4 is 0 Å². The molecule has 0 bridgehead atoms. The van der Waals surface area contributed by atoms with E-state index in [4.69, 9.17) is 18.9 Å². The highest BCUT2D eigenvalue weighted by Gasteiger charge is 2.65. The molecular formula is C27H19Br5O9. The SMILES string of the molecule is COC(=O)C1=C(c2cc(Br)c(O)c(Br)c2)[C@](OC)(c2ccc(O)c(Br)c2)O[C@@]1(C(=O)OC)c1cc(Br)c(O)c(Br)c1. The summed E-state index contributed by atoms with van der Waals surface area (Å²) in [4.78, 5) is 27.8. The van der Waals surface area contributed by atoms with Crippen LogP contribution in [-0.4, -0.2) is 48.6 Å². The third-order valence-electron chi connectivity index (χ3n) is 6.43. The molecule has 4 rings (SSSR count). The van der Waals surface area contributed by atoms with Crippen LogP contribution in [0.3, 0.4) is 0 Å². The Morgan fingerprint density at radius 3 is 1.71 bits per heavy atom. The molecule has 14 heteroatoms. The number of aromatic hydroxyl groups is 3. The van der Waals surface area contributed by atoms with Crippen LogP contribution in [0.25, 0.3) is 5.57 Å². The minimum atomic E-state index is -2.33. The van der Waals surface area contributed by atoms with Crippen LogP contribution in [0.5, 0.6) is 17.2 Å². The Hall–Kier alpha value is -1.94. The van der Waals surface area contributed by atoms with Gasteiger partial charge < -0.3 is 34.3 Å². The first-order chi connectivity index (χ1) is 19.3. The molecule has 0 amide bonds. The van der Waals surface area contributed by atoms with E-state index >= 15 is 0 Å². The van der Waals surface area contributed by atoms with Crippen molar-refractivity contribution in [3.8, 4) is 17.2 Å². The van der Waals surface area contributed by atoms with Gasteiger partial charge >= 0.3 is 11.9 Å². The average molecular weight is 887 g/mol. The fourth-order valence-electron chi connectivity index (χ4n) is 4.60. The maximum Gasteiger partial charge on any atom is 0.348 e. The molecule has 0 saturated heterocycles. The molecule has 1 aliphatic rings. The molecule has 0 saturated carbocycles. The summed E-state index contributed by atoms with van der Waals surface area (Å²) in [6.07, 6.45) is 0. The highest BCUT2D eigenvalue weighted by Crippen LogP contribution is 2.60. The van der Waals surface area contributed by atoms with E-state index in [1.807, 2.05) is 0 Å². The standard InChI is InChI=1S/C27H19Br5O9/c1-38-24(36)21-20(11-6-15(29)22(34)16(30)7-11)27(40-3,12-4-5-19(33)14(28)8-12)41-26(21,25(37)39-2)13-9-17(31)23(35)18(32)10-13/h4-10,33-35H,1-3H3/t26-,27-/m0/s1. The molecule has 3 aromatic rings. The molecule has 9 nitrogen and oxygen atoms in total. The van der Waals surface area contributed by atoms with E-state index in [-0.39, 0.29) is 67.4 Å². The second kappa shape index (κ2) is 12.0. The number of carbonyl (C=O) groups is 2. The molecule has 3 aromatic carbocycles. The topological polar surface area (TPSA) is 132 Å². The monoisotopic (exact) mass is 882 g/mol. The molecule has 1 heterocycles. The van der Waals surface area contributed by atoms with Gasteiger partial charge in [0.1, 0.15) is 17.2 Å². The van der Waals surface area contributed by atoms with Crippen LogP contribution in [0.2, 0.25) is 0 Å². The molecule has 0 aromatic heterocycles. The lowest BCUT2D eigenvalue weighted by Crippen LogP contribution is -2.45. The van der Waals surface area contributed by atoms with Crippen molar-refractivity contribution >= 4 is 97.2 Å². The van der Waals surface area contributed by atoms with E-state index in [1.165, 1.54) is 49.6 Å². The highest BCUT2D eigenvalue weighted by molar-refractivity contribution is 9.11. The van der Waals surface area contributed by atoms with E-state index < -0.39 is 23.3 Å². The molecule has 0 unspecified atom stereocenters. The highest BCUT2D eigenvalue weighted by atomic mass is 79.9. The van der Waals surface area contributed by atoms with Gasteiger partial charge in [0, 0.05) is 23.8 Å². The fraction of sp³-hybridized carbons (Fsp3) is 0.185. The van der Waals surface area contributed by atoms with Crippen LogP contribution in [0, 0.1) is 0 Å². The number of halogens is 5. The summed E-state index contributed by atoms with van der Waals surface area (Å²) in [7, 11) is 3.59. The summed E-state index contributed by atoms with van der Waals surface area (Å²) in [5.41, 5.74) is -1.96. The summed E-state index contributed by atoms with van der Waals surface area (Å²) < 4.78 is 24.3. The molecule has 0 spiro atoms. The number of phenols is 3. The largest absolute Gasteiger partial charge is 0.507 e. The van der Waals surface area contributed by atoms with E-state index in [1.54, 1.807) is 0 Å². The van der Waals surface area contributed by atoms with Gasteiger partial charge in [0.05, 0.1) is 42.2 Å². The van der Waals surface area contributed by atoms with Crippen molar-refractivity contribution in [2.24, 2.45) is 0 Å². The summed E-state index contributed by atoms with van der Waals surface area (Å²) in [5, 5.41) is 31.1. The molecule has 216 valence electrons. The van der Waals surface area contributed by atoms with E-state index in [9.17, 15) is 24.9 Å². The Labute approximate surface area is 276 Å². The van der Waals surface area contributed by atoms with Crippen LogP contribution in [0.4, 0.5) is 0 Å². The molecule has 41 heavy (non-hydrogen) atoms. The van der Waals surface area contributed by atoms with Crippen molar-refractivity contribution < 1.29 is 43.9 Å². The van der Waals surface area contributed by atoms with Crippen molar-refractivity contribution in [3.63, 3.8) is 0 Å². The van der Waals surface area contributed by atoms with Gasteiger partial charge in [-0.1, -0.05) is 0 Å². The van der Waals surface area contributed by atoms with Crippen LogP contribution in [0.15, 0.2) is 70.4 Å². The number of methoxy groups -OCH3 is 3. The van der Waals surface area contributed by atoms with Gasteiger partial charge in [-0.3, -0.25) is 0 Å². The van der Waals surface area contributed by atoms with Gasteiger partial charge in [-0.2, -0.15) is 0 Å². The van der Waals surface area contributed by atoms with Crippen molar-refractivity contribution in [1.29, 1.82) is 0 Å². The lowest BCUT2D eigenvalue weighted by Gasteiger charge is -2.35. The van der Waals surface area contributed by atoms with Crippen molar-refractivity contribution in [2.75, 3.05) is 21.3 Å². The number of hydrogen-bond acceptors (Lipinski definition) is 9. The quantitative estimate of drug-likeness (QED) is 0.221. The first-order valence-corrected chi connectivity index (χ1v) is 15.3. The van der Waals surface area contributed by atoms with Crippen molar-refractivity contribution in [2.45, 2.75) is 11.4 Å². The number of hydrogen-bond donors (Lipinski definition) is 3. The maximum absolute atomic E-state index is 14.0. The fourth-order valence-corrected chi connectivity index (χ4v) is 7.36. The number of esters is 2. The Kier molecular flexibility index (Phi) is 9.34. The molecular weight excluding hydrogens is 868 g/mol. The van der Waals surface area contributed by atoms with E-state index in [0.29, 0.717) is 0 Å². The lowest BCUT2D eigenvalue weighted by molar-refractivity contribution is -0.238. The Morgan fingerprint density at radius 1 is 0.732 bits per heavy atom. The zero-order valence-corrected chi connectivity index (χ0v) is 29.2. The van der Waals surface area contributed by atoms with E-state index in [2.05, 4.69) is 79.6 Å². The number of phenolic OH excluding ortho intramolecular Hbond substituents is 3. The molecule has 2 atom stereocenters. The molecule has 1 aliphatic heterocycles. The first-order valence-electron chi connectivity index (χ1n) is 11.3. The number of rotatable bonds is 6. The van der Waals surface area contributed by atoms with Crippen molar-refractivity contribution in [3.05, 3.63) is 87.1 Å². The van der Waals surface area contributed by atoms with Gasteiger partial charge in [0.15, 0.2) is 0 Å². The molecule has 0 radical (unpaired) electrons. The number of ether oxygens (including phenoxy) is 4. The normalized spacial score (nSPS) is 20.3. The number of carbonyl (C=O) groups excluding carboxylic acids is 2. The second-order valence-corrected chi connectivity index (χ2v) is 12.9. The van der Waals surface area contributed by atoms with Crippen LogP contribution >= 0.6 is 79.6 Å². The van der Waals surface area contributed by atoms with Gasteiger partial charge in [-0.15, -0.1) is 0 Å². The molecule has 0 aliphatic carbocycles. The smallest absolute Gasteiger partial charge is 0.348 e. The minimum absolute atomic E-state index is 0.0385. The maximum atomic E-state index is 14.0. The molecule has 3 N–H and O–H groups in total. The Morgan fingerprint density at radius 2 is 1.24 bits per heavy atom. The Bertz CT molecular complexity index is 1580. The summed E-state index contributed by atoms with van der Waals surface area (Å²) in [5.74, 6) is -4.34. The van der Waals surface area contributed by atoms with Gasteiger partial charge in [-0.25, -0.2) is 9.59 Å².